The lowest BCUT2D eigenvalue weighted by Gasteiger charge is -2.15. The predicted molar refractivity (Wildman–Crippen MR) is 94.3 cm³/mol. The average Bonchev–Trinajstić information content (AvgIpc) is 2.45. The van der Waals surface area contributed by atoms with Gasteiger partial charge in [-0.15, -0.1) is 0 Å². The van der Waals surface area contributed by atoms with Crippen LogP contribution in [0.25, 0.3) is 0 Å². The highest BCUT2D eigenvalue weighted by Gasteiger charge is 2.06. The fraction of sp³-hybridized carbons (Fsp3) is 0.900. The molecule has 0 aliphatic heterocycles. The summed E-state index contributed by atoms with van der Waals surface area (Å²) in [7, 11) is 0. The Bertz CT molecular complexity index is 192. The number of hydrogen-bond acceptors (Lipinski definition) is 0. The van der Waals surface area contributed by atoms with E-state index in [0.29, 0.717) is 0 Å². The Morgan fingerprint density at radius 2 is 1.05 bits per heavy atom. The van der Waals surface area contributed by atoms with E-state index in [1.54, 1.807) is 0 Å². The highest BCUT2D eigenvalue weighted by atomic mass is 14.1. The van der Waals surface area contributed by atoms with E-state index >= 15 is 0 Å². The molecule has 1 unspecified atom stereocenters. The molecule has 0 aromatic carbocycles. The summed E-state index contributed by atoms with van der Waals surface area (Å²) in [4.78, 5) is 0. The second-order valence-corrected chi connectivity index (χ2v) is 6.40. The number of rotatable bonds is 15. The normalized spacial score (nSPS) is 13.2. The van der Waals surface area contributed by atoms with Crippen LogP contribution in [0.2, 0.25) is 0 Å². The Balaban J connectivity index is 3.47. The van der Waals surface area contributed by atoms with Crippen LogP contribution in [0.1, 0.15) is 111 Å². The molecular formula is C20H40. The molecule has 20 heavy (non-hydrogen) atoms. The lowest BCUT2D eigenvalue weighted by molar-refractivity contribution is 0.384. The molecule has 0 fully saturated rings. The summed E-state index contributed by atoms with van der Waals surface area (Å²) < 4.78 is 0. The van der Waals surface area contributed by atoms with Crippen LogP contribution in [0.4, 0.5) is 0 Å². The van der Waals surface area contributed by atoms with Crippen LogP contribution in [0.3, 0.4) is 0 Å². The van der Waals surface area contributed by atoms with E-state index in [1.807, 2.05) is 0 Å². The minimum absolute atomic E-state index is 1.01. The summed E-state index contributed by atoms with van der Waals surface area (Å²) in [6.07, 6.45) is 24.4. The summed E-state index contributed by atoms with van der Waals surface area (Å²) in [5, 5.41) is 0. The molecule has 0 N–H and O–H groups in total. The van der Waals surface area contributed by atoms with E-state index in [9.17, 15) is 0 Å². The van der Waals surface area contributed by atoms with Crippen molar-refractivity contribution >= 4 is 0 Å². The molecule has 0 amide bonds. The maximum absolute atomic E-state index is 2.42. The summed E-state index contributed by atoms with van der Waals surface area (Å²) in [5.41, 5.74) is 0. The van der Waals surface area contributed by atoms with E-state index in [4.69, 9.17) is 0 Å². The van der Waals surface area contributed by atoms with Crippen LogP contribution in [-0.2, 0) is 0 Å². The van der Waals surface area contributed by atoms with Crippen molar-refractivity contribution in [2.24, 2.45) is 5.92 Å². The quantitative estimate of drug-likeness (QED) is 0.213. The third-order valence-electron chi connectivity index (χ3n) is 4.29. The zero-order valence-electron chi connectivity index (χ0n) is 14.6. The lowest BCUT2D eigenvalue weighted by Crippen LogP contribution is -2.00. The molecule has 0 aliphatic carbocycles. The molecule has 0 saturated carbocycles. The van der Waals surface area contributed by atoms with E-state index in [-0.39, 0.29) is 0 Å². The minimum atomic E-state index is 1.01. The Morgan fingerprint density at radius 1 is 0.550 bits per heavy atom. The molecule has 120 valence electrons. The van der Waals surface area contributed by atoms with Crippen molar-refractivity contribution in [3.05, 3.63) is 12.2 Å². The smallest absolute Gasteiger partial charge is 0.0351 e. The molecule has 0 aliphatic rings. The highest BCUT2D eigenvalue weighted by Crippen LogP contribution is 2.22. The molecule has 0 saturated heterocycles. The standard InChI is InChI=1S/C20H40/c1-4-7-9-10-11-12-13-14-16-19-20(17-6-3)18-15-8-5-2/h11-12,20H,4-10,13-19H2,1-3H3. The molecule has 0 radical (unpaired) electrons. The fourth-order valence-electron chi connectivity index (χ4n) is 2.97. The van der Waals surface area contributed by atoms with Crippen molar-refractivity contribution in [2.75, 3.05) is 0 Å². The number of hydrogen-bond donors (Lipinski definition) is 0. The lowest BCUT2D eigenvalue weighted by atomic mass is 9.91. The molecule has 0 heteroatoms. The Hall–Kier alpha value is -0.260. The van der Waals surface area contributed by atoms with Crippen LogP contribution in [0.15, 0.2) is 12.2 Å². The first-order valence-corrected chi connectivity index (χ1v) is 9.50. The van der Waals surface area contributed by atoms with E-state index in [1.165, 1.54) is 89.9 Å². The van der Waals surface area contributed by atoms with Crippen LogP contribution >= 0.6 is 0 Å². The topological polar surface area (TPSA) is 0 Å². The van der Waals surface area contributed by atoms with Crippen molar-refractivity contribution in [1.82, 2.24) is 0 Å². The van der Waals surface area contributed by atoms with Gasteiger partial charge in [0.05, 0.1) is 0 Å². The third kappa shape index (κ3) is 14.2. The Morgan fingerprint density at radius 3 is 1.60 bits per heavy atom. The minimum Gasteiger partial charge on any atom is -0.0885 e. The van der Waals surface area contributed by atoms with Gasteiger partial charge in [-0.2, -0.15) is 0 Å². The van der Waals surface area contributed by atoms with Crippen LogP contribution in [0, 0.1) is 5.92 Å². The largest absolute Gasteiger partial charge is 0.0885 e. The first kappa shape index (κ1) is 19.7. The van der Waals surface area contributed by atoms with Gasteiger partial charge in [-0.25, -0.2) is 0 Å². The average molecular weight is 281 g/mol. The van der Waals surface area contributed by atoms with Gasteiger partial charge in [-0.05, 0) is 31.6 Å². The molecule has 0 heterocycles. The monoisotopic (exact) mass is 280 g/mol. The molecule has 0 aromatic heterocycles. The first-order chi connectivity index (χ1) is 9.85. The number of allylic oxidation sites excluding steroid dienone is 2. The molecule has 0 nitrogen and oxygen atoms in total. The zero-order valence-corrected chi connectivity index (χ0v) is 14.6. The summed E-state index contributed by atoms with van der Waals surface area (Å²) in [5.74, 6) is 1.01. The van der Waals surface area contributed by atoms with Crippen LogP contribution < -0.4 is 0 Å². The summed E-state index contributed by atoms with van der Waals surface area (Å²) in [6.45, 7) is 6.92. The molecule has 0 bridgehead atoms. The maximum atomic E-state index is 2.42. The zero-order chi connectivity index (χ0) is 14.9. The maximum Gasteiger partial charge on any atom is -0.0351 e. The van der Waals surface area contributed by atoms with Crippen molar-refractivity contribution in [2.45, 2.75) is 111 Å². The van der Waals surface area contributed by atoms with Crippen molar-refractivity contribution < 1.29 is 0 Å². The van der Waals surface area contributed by atoms with Gasteiger partial charge in [0.2, 0.25) is 0 Å². The molecule has 0 rings (SSSR count). The molecule has 0 spiro atoms. The van der Waals surface area contributed by atoms with Gasteiger partial charge in [0, 0.05) is 0 Å². The van der Waals surface area contributed by atoms with Gasteiger partial charge in [0.1, 0.15) is 0 Å². The van der Waals surface area contributed by atoms with Crippen molar-refractivity contribution in [3.8, 4) is 0 Å². The Labute approximate surface area is 129 Å². The summed E-state index contributed by atoms with van der Waals surface area (Å²) in [6, 6.07) is 0. The highest BCUT2D eigenvalue weighted by molar-refractivity contribution is 4.81. The van der Waals surface area contributed by atoms with Crippen LogP contribution in [-0.4, -0.2) is 0 Å². The Kier molecular flexibility index (Phi) is 16.6. The number of unbranched alkanes of at least 4 members (excludes halogenated alkanes) is 7. The SMILES string of the molecule is CCCCCC=CCCCCC(CCC)CCCCC. The predicted octanol–water partition coefficient (Wildman–Crippen LogP) is 7.68. The first-order valence-electron chi connectivity index (χ1n) is 9.50. The third-order valence-corrected chi connectivity index (χ3v) is 4.29. The van der Waals surface area contributed by atoms with Gasteiger partial charge in [0.15, 0.2) is 0 Å². The fourth-order valence-corrected chi connectivity index (χ4v) is 2.97. The van der Waals surface area contributed by atoms with Crippen molar-refractivity contribution in [3.63, 3.8) is 0 Å². The van der Waals surface area contributed by atoms with Gasteiger partial charge in [-0.1, -0.05) is 97.1 Å². The van der Waals surface area contributed by atoms with Crippen LogP contribution in [0.5, 0.6) is 0 Å². The van der Waals surface area contributed by atoms with E-state index in [2.05, 4.69) is 32.9 Å². The second kappa shape index (κ2) is 16.8. The summed E-state index contributed by atoms with van der Waals surface area (Å²) >= 11 is 0. The van der Waals surface area contributed by atoms with Gasteiger partial charge < -0.3 is 0 Å². The van der Waals surface area contributed by atoms with Gasteiger partial charge >= 0.3 is 0 Å². The van der Waals surface area contributed by atoms with Gasteiger partial charge in [0.25, 0.3) is 0 Å². The van der Waals surface area contributed by atoms with Crippen molar-refractivity contribution in [1.29, 1.82) is 0 Å². The second-order valence-electron chi connectivity index (χ2n) is 6.40. The molecular weight excluding hydrogens is 240 g/mol. The molecule has 0 aromatic rings. The van der Waals surface area contributed by atoms with E-state index < -0.39 is 0 Å². The van der Waals surface area contributed by atoms with Gasteiger partial charge in [-0.3, -0.25) is 0 Å². The van der Waals surface area contributed by atoms with E-state index in [0.717, 1.165) is 5.92 Å². The molecule has 1 atom stereocenters.